The Balaban J connectivity index is 1.65. The molecule has 2 N–H and O–H groups in total. The van der Waals surface area contributed by atoms with E-state index in [4.69, 9.17) is 5.73 Å². The second kappa shape index (κ2) is 5.23. The van der Waals surface area contributed by atoms with Crippen molar-refractivity contribution in [2.75, 3.05) is 13.1 Å². The third-order valence-electron chi connectivity index (χ3n) is 3.92. The number of rotatable bonds is 3. The van der Waals surface area contributed by atoms with Crippen molar-refractivity contribution in [2.24, 2.45) is 5.73 Å². The summed E-state index contributed by atoms with van der Waals surface area (Å²) in [6, 6.07) is 0.287. The van der Waals surface area contributed by atoms with Gasteiger partial charge < -0.3 is 5.73 Å². The lowest BCUT2D eigenvalue weighted by Crippen LogP contribution is -2.31. The lowest BCUT2D eigenvalue weighted by molar-refractivity contribution is 0.309. The van der Waals surface area contributed by atoms with Crippen LogP contribution in [0.25, 0.3) is 0 Å². The summed E-state index contributed by atoms with van der Waals surface area (Å²) >= 11 is 0. The molecular weight excluding hydrogens is 266 g/mol. The minimum absolute atomic E-state index is 0.0168. The van der Waals surface area contributed by atoms with E-state index in [1.165, 1.54) is 5.56 Å². The SMILES string of the molecule is CC(C)(C)n1cc(CN2C[C@@H](N)[C@@H](n3ccnn3)C2)cn1. The van der Waals surface area contributed by atoms with Gasteiger partial charge in [0.15, 0.2) is 0 Å². The van der Waals surface area contributed by atoms with Crippen molar-refractivity contribution < 1.29 is 0 Å². The van der Waals surface area contributed by atoms with Crippen molar-refractivity contribution in [2.45, 2.75) is 44.9 Å². The zero-order valence-electron chi connectivity index (χ0n) is 12.8. The minimum Gasteiger partial charge on any atom is -0.325 e. The quantitative estimate of drug-likeness (QED) is 0.896. The third kappa shape index (κ3) is 2.98. The van der Waals surface area contributed by atoms with Gasteiger partial charge in [-0.05, 0) is 20.8 Å². The summed E-state index contributed by atoms with van der Waals surface area (Å²) in [7, 11) is 0. The largest absolute Gasteiger partial charge is 0.325 e. The Hall–Kier alpha value is -1.73. The summed E-state index contributed by atoms with van der Waals surface area (Å²) in [6.45, 7) is 9.08. The first-order valence-electron chi connectivity index (χ1n) is 7.31. The summed E-state index contributed by atoms with van der Waals surface area (Å²) in [5.41, 5.74) is 7.47. The monoisotopic (exact) mass is 289 g/mol. The molecule has 0 bridgehead atoms. The second-order valence-corrected chi connectivity index (χ2v) is 6.77. The average molecular weight is 289 g/mol. The maximum atomic E-state index is 6.24. The molecule has 2 aromatic heterocycles. The topological polar surface area (TPSA) is 77.8 Å². The summed E-state index contributed by atoms with van der Waals surface area (Å²) in [5, 5.41) is 12.4. The normalized spacial score (nSPS) is 23.8. The van der Waals surface area contributed by atoms with Gasteiger partial charge in [0.2, 0.25) is 0 Å². The fourth-order valence-corrected chi connectivity index (χ4v) is 2.76. The van der Waals surface area contributed by atoms with Crippen LogP contribution in [0.1, 0.15) is 32.4 Å². The van der Waals surface area contributed by atoms with Crippen LogP contribution >= 0.6 is 0 Å². The van der Waals surface area contributed by atoms with Gasteiger partial charge in [-0.2, -0.15) is 5.10 Å². The van der Waals surface area contributed by atoms with Gasteiger partial charge in [0.05, 0.1) is 24.0 Å². The van der Waals surface area contributed by atoms with Crippen LogP contribution in [-0.2, 0) is 12.1 Å². The molecule has 2 aromatic rings. The molecule has 0 spiro atoms. The Bertz CT molecular complexity index is 581. The maximum absolute atomic E-state index is 6.24. The van der Waals surface area contributed by atoms with Crippen molar-refractivity contribution in [3.8, 4) is 0 Å². The van der Waals surface area contributed by atoms with Crippen molar-refractivity contribution in [1.82, 2.24) is 29.7 Å². The Morgan fingerprint density at radius 1 is 1.33 bits per heavy atom. The summed E-state index contributed by atoms with van der Waals surface area (Å²) in [6.07, 6.45) is 7.64. The van der Waals surface area contributed by atoms with Crippen LogP contribution in [0.2, 0.25) is 0 Å². The molecule has 0 saturated carbocycles. The molecule has 7 nitrogen and oxygen atoms in total. The Morgan fingerprint density at radius 2 is 2.14 bits per heavy atom. The number of likely N-dealkylation sites (tertiary alicyclic amines) is 1. The number of aromatic nitrogens is 5. The van der Waals surface area contributed by atoms with Gasteiger partial charge in [-0.1, -0.05) is 5.21 Å². The molecule has 7 heteroatoms. The predicted octanol–water partition coefficient (Wildman–Crippen LogP) is 0.614. The van der Waals surface area contributed by atoms with E-state index in [1.807, 2.05) is 21.8 Å². The maximum Gasteiger partial charge on any atom is 0.0826 e. The molecule has 0 aliphatic carbocycles. The molecule has 1 fully saturated rings. The molecule has 0 unspecified atom stereocenters. The van der Waals surface area contributed by atoms with E-state index in [0.29, 0.717) is 0 Å². The van der Waals surface area contributed by atoms with Crippen LogP contribution in [0.15, 0.2) is 24.8 Å². The van der Waals surface area contributed by atoms with Crippen LogP contribution in [0.4, 0.5) is 0 Å². The molecule has 3 heterocycles. The number of hydrogen-bond donors (Lipinski definition) is 1. The van der Waals surface area contributed by atoms with Crippen molar-refractivity contribution in [3.05, 3.63) is 30.4 Å². The fraction of sp³-hybridized carbons (Fsp3) is 0.643. The first-order valence-corrected chi connectivity index (χ1v) is 7.31. The van der Waals surface area contributed by atoms with E-state index in [1.54, 1.807) is 6.20 Å². The molecule has 0 aromatic carbocycles. The van der Waals surface area contributed by atoms with Crippen molar-refractivity contribution >= 4 is 0 Å². The summed E-state index contributed by atoms with van der Waals surface area (Å²) < 4.78 is 3.87. The minimum atomic E-state index is 0.0168. The average Bonchev–Trinajstić information content (AvgIpc) is 3.09. The lowest BCUT2D eigenvalue weighted by atomic mass is 10.1. The highest BCUT2D eigenvalue weighted by molar-refractivity contribution is 5.06. The molecule has 1 aliphatic rings. The van der Waals surface area contributed by atoms with Crippen LogP contribution in [-0.4, -0.2) is 48.8 Å². The summed E-state index contributed by atoms with van der Waals surface area (Å²) in [4.78, 5) is 2.35. The number of hydrogen-bond acceptors (Lipinski definition) is 5. The zero-order valence-corrected chi connectivity index (χ0v) is 12.8. The first-order chi connectivity index (χ1) is 9.93. The Labute approximate surface area is 124 Å². The van der Waals surface area contributed by atoms with Crippen LogP contribution < -0.4 is 5.73 Å². The van der Waals surface area contributed by atoms with Gasteiger partial charge in [-0.15, -0.1) is 5.10 Å². The van der Waals surface area contributed by atoms with E-state index in [2.05, 4.69) is 47.3 Å². The number of nitrogens with two attached hydrogens (primary N) is 1. The summed E-state index contributed by atoms with van der Waals surface area (Å²) in [5.74, 6) is 0. The van der Waals surface area contributed by atoms with E-state index in [9.17, 15) is 0 Å². The predicted molar refractivity (Wildman–Crippen MR) is 79.5 cm³/mol. The molecule has 0 radical (unpaired) electrons. The molecule has 114 valence electrons. The van der Waals surface area contributed by atoms with Crippen LogP contribution in [0.3, 0.4) is 0 Å². The van der Waals surface area contributed by atoms with Gasteiger partial charge in [-0.25, -0.2) is 4.68 Å². The zero-order chi connectivity index (χ0) is 15.0. The molecule has 3 rings (SSSR count). The van der Waals surface area contributed by atoms with Crippen molar-refractivity contribution in [3.63, 3.8) is 0 Å². The van der Waals surface area contributed by atoms with E-state index in [0.717, 1.165) is 19.6 Å². The number of nitrogens with zero attached hydrogens (tertiary/aromatic N) is 6. The van der Waals surface area contributed by atoms with Gasteiger partial charge in [-0.3, -0.25) is 9.58 Å². The van der Waals surface area contributed by atoms with E-state index < -0.39 is 0 Å². The fourth-order valence-electron chi connectivity index (χ4n) is 2.76. The van der Waals surface area contributed by atoms with Gasteiger partial charge in [0, 0.05) is 43.6 Å². The molecule has 1 saturated heterocycles. The van der Waals surface area contributed by atoms with Crippen LogP contribution in [0, 0.1) is 0 Å². The third-order valence-corrected chi connectivity index (χ3v) is 3.92. The highest BCUT2D eigenvalue weighted by atomic mass is 15.4. The second-order valence-electron chi connectivity index (χ2n) is 6.77. The smallest absolute Gasteiger partial charge is 0.0826 e. The van der Waals surface area contributed by atoms with E-state index >= 15 is 0 Å². The molecule has 0 amide bonds. The highest BCUT2D eigenvalue weighted by Crippen LogP contribution is 2.22. The Morgan fingerprint density at radius 3 is 2.76 bits per heavy atom. The van der Waals surface area contributed by atoms with Crippen molar-refractivity contribution in [1.29, 1.82) is 0 Å². The van der Waals surface area contributed by atoms with Gasteiger partial charge >= 0.3 is 0 Å². The van der Waals surface area contributed by atoms with Gasteiger partial charge in [0.1, 0.15) is 0 Å². The van der Waals surface area contributed by atoms with Crippen LogP contribution in [0.5, 0.6) is 0 Å². The first kappa shape index (κ1) is 14.2. The molecular formula is C14H23N7. The van der Waals surface area contributed by atoms with Gasteiger partial charge in [0.25, 0.3) is 0 Å². The standard InChI is InChI=1S/C14H23N7/c1-14(2,3)21-8-11(6-17-21)7-19-9-12(15)13(10-19)20-5-4-16-18-20/h4-6,8,12-13H,7,9-10,15H2,1-3H3/t12-,13+/m1/s1. The molecule has 21 heavy (non-hydrogen) atoms. The van der Waals surface area contributed by atoms with E-state index in [-0.39, 0.29) is 17.6 Å². The molecule has 2 atom stereocenters. The highest BCUT2D eigenvalue weighted by Gasteiger charge is 2.32. The molecule has 1 aliphatic heterocycles. The Kier molecular flexibility index (Phi) is 3.54. The lowest BCUT2D eigenvalue weighted by Gasteiger charge is -2.19.